The number of hydrogen-bond donors (Lipinski definition) is 0. The Hall–Kier alpha value is -3.96. The van der Waals surface area contributed by atoms with Gasteiger partial charge in [-0.2, -0.15) is 0 Å². The summed E-state index contributed by atoms with van der Waals surface area (Å²) in [4.78, 5) is 0. The van der Waals surface area contributed by atoms with E-state index in [1.54, 1.807) is 14.2 Å². The van der Waals surface area contributed by atoms with Crippen LogP contribution >= 0.6 is 0 Å². The average Bonchev–Trinajstić information content (AvgIpc) is 2.83. The van der Waals surface area contributed by atoms with Gasteiger partial charge in [0.1, 0.15) is 11.5 Å². The Balaban J connectivity index is 1.76. The molecule has 0 heterocycles. The summed E-state index contributed by atoms with van der Waals surface area (Å²) in [7, 11) is 3.36. The molecule has 0 atom stereocenters. The number of hydrogen-bond acceptors (Lipinski definition) is 2. The van der Waals surface area contributed by atoms with Crippen LogP contribution in [0.1, 0.15) is 11.1 Å². The monoisotopic (exact) mass is 390 g/mol. The Morgan fingerprint density at radius 3 is 1.37 bits per heavy atom. The highest BCUT2D eigenvalue weighted by atomic mass is 16.5. The Kier molecular flexibility index (Phi) is 5.83. The van der Waals surface area contributed by atoms with Gasteiger partial charge in [0.2, 0.25) is 0 Å². The van der Waals surface area contributed by atoms with E-state index in [1.165, 1.54) is 0 Å². The highest BCUT2D eigenvalue weighted by Gasteiger charge is 2.06. The zero-order chi connectivity index (χ0) is 20.8. The van der Waals surface area contributed by atoms with Gasteiger partial charge in [-0.25, -0.2) is 0 Å². The maximum absolute atomic E-state index is 5.38. The van der Waals surface area contributed by atoms with Crippen LogP contribution < -0.4 is 9.47 Å². The van der Waals surface area contributed by atoms with Crippen LogP contribution in [0.25, 0.3) is 22.3 Å². The fourth-order valence-electron chi connectivity index (χ4n) is 3.40. The van der Waals surface area contributed by atoms with Crippen molar-refractivity contribution in [2.45, 2.75) is 0 Å². The van der Waals surface area contributed by atoms with Gasteiger partial charge in [0.25, 0.3) is 0 Å². The van der Waals surface area contributed by atoms with Crippen molar-refractivity contribution in [2.75, 3.05) is 14.2 Å². The van der Waals surface area contributed by atoms with Crippen LogP contribution in [0.4, 0.5) is 0 Å². The summed E-state index contributed by atoms with van der Waals surface area (Å²) in [6.45, 7) is 0. The molecule has 0 bridgehead atoms. The Bertz CT molecular complexity index is 1130. The van der Waals surface area contributed by atoms with Gasteiger partial charge < -0.3 is 9.47 Å². The van der Waals surface area contributed by atoms with Gasteiger partial charge in [-0.3, -0.25) is 0 Å². The summed E-state index contributed by atoms with van der Waals surface area (Å²) < 4.78 is 10.8. The van der Waals surface area contributed by atoms with Crippen molar-refractivity contribution in [2.24, 2.45) is 0 Å². The average molecular weight is 390 g/mol. The Morgan fingerprint density at radius 2 is 0.933 bits per heavy atom. The lowest BCUT2D eigenvalue weighted by molar-refractivity contribution is 0.415. The molecule has 0 radical (unpaired) electrons. The summed E-state index contributed by atoms with van der Waals surface area (Å²) in [5, 5.41) is 0. The number of rotatable bonds is 4. The van der Waals surface area contributed by atoms with Crippen molar-refractivity contribution in [3.05, 3.63) is 108 Å². The third-order valence-electron chi connectivity index (χ3n) is 4.95. The predicted octanol–water partition coefficient (Wildman–Crippen LogP) is 6.44. The second kappa shape index (κ2) is 9.03. The molecule has 0 amide bonds. The molecule has 146 valence electrons. The zero-order valence-electron chi connectivity index (χ0n) is 17.1. The molecule has 0 spiro atoms. The molecule has 2 heteroatoms. The van der Waals surface area contributed by atoms with E-state index in [-0.39, 0.29) is 0 Å². The summed E-state index contributed by atoms with van der Waals surface area (Å²) in [5.74, 6) is 8.43. The molecule has 4 aromatic carbocycles. The molecular formula is C28H22O2. The minimum atomic E-state index is 0.832. The first-order chi connectivity index (χ1) is 14.8. The first kappa shape index (κ1) is 19.4. The topological polar surface area (TPSA) is 18.5 Å². The second-order valence-corrected chi connectivity index (χ2v) is 6.81. The van der Waals surface area contributed by atoms with Crippen molar-refractivity contribution in [3.63, 3.8) is 0 Å². The molecule has 4 aromatic rings. The molecule has 4 rings (SSSR count). The number of methoxy groups -OCH3 is 2. The lowest BCUT2D eigenvalue weighted by atomic mass is 9.97. The highest BCUT2D eigenvalue weighted by molar-refractivity contribution is 5.75. The van der Waals surface area contributed by atoms with Gasteiger partial charge >= 0.3 is 0 Å². The molecule has 2 nitrogen and oxygen atoms in total. The van der Waals surface area contributed by atoms with Gasteiger partial charge in [-0.1, -0.05) is 72.5 Å². The zero-order valence-corrected chi connectivity index (χ0v) is 17.1. The second-order valence-electron chi connectivity index (χ2n) is 6.81. The molecule has 0 aromatic heterocycles. The standard InChI is InChI=1S/C28H22O2/c1-29-25-13-7-11-23(19-25)27-15-5-3-9-21(27)17-18-22-10-4-6-16-28(22)24-12-8-14-26(20-24)30-2/h3-16,19-20H,1-2H3. The maximum Gasteiger partial charge on any atom is 0.119 e. The summed E-state index contributed by atoms with van der Waals surface area (Å²) in [6.07, 6.45) is 0. The fourth-order valence-corrected chi connectivity index (χ4v) is 3.40. The molecule has 30 heavy (non-hydrogen) atoms. The minimum Gasteiger partial charge on any atom is -0.497 e. The molecule has 0 saturated carbocycles. The summed E-state index contributed by atoms with van der Waals surface area (Å²) in [5.41, 5.74) is 6.29. The summed E-state index contributed by atoms with van der Waals surface area (Å²) >= 11 is 0. The van der Waals surface area contributed by atoms with Gasteiger partial charge in [0.15, 0.2) is 0 Å². The van der Waals surface area contributed by atoms with Crippen LogP contribution in [0.2, 0.25) is 0 Å². The van der Waals surface area contributed by atoms with Crippen molar-refractivity contribution in [3.8, 4) is 45.6 Å². The van der Waals surface area contributed by atoms with E-state index in [9.17, 15) is 0 Å². The molecule has 0 fully saturated rings. The Labute approximate surface area is 177 Å². The van der Waals surface area contributed by atoms with Gasteiger partial charge in [0.05, 0.1) is 14.2 Å². The van der Waals surface area contributed by atoms with E-state index in [0.29, 0.717) is 0 Å². The van der Waals surface area contributed by atoms with Crippen molar-refractivity contribution in [1.82, 2.24) is 0 Å². The van der Waals surface area contributed by atoms with E-state index in [1.807, 2.05) is 60.7 Å². The van der Waals surface area contributed by atoms with E-state index in [2.05, 4.69) is 48.2 Å². The molecule has 0 aliphatic carbocycles. The predicted molar refractivity (Wildman–Crippen MR) is 123 cm³/mol. The molecule has 0 saturated heterocycles. The number of ether oxygens (including phenoxy) is 2. The number of benzene rings is 4. The van der Waals surface area contributed by atoms with Crippen molar-refractivity contribution in [1.29, 1.82) is 0 Å². The maximum atomic E-state index is 5.38. The van der Waals surface area contributed by atoms with Crippen LogP contribution in [-0.2, 0) is 0 Å². The third-order valence-corrected chi connectivity index (χ3v) is 4.95. The van der Waals surface area contributed by atoms with Crippen LogP contribution in [0.15, 0.2) is 97.1 Å². The largest absolute Gasteiger partial charge is 0.497 e. The smallest absolute Gasteiger partial charge is 0.119 e. The quantitative estimate of drug-likeness (QED) is 0.373. The first-order valence-corrected chi connectivity index (χ1v) is 9.77. The molecular weight excluding hydrogens is 368 g/mol. The lowest BCUT2D eigenvalue weighted by Crippen LogP contribution is -1.88. The van der Waals surface area contributed by atoms with Gasteiger partial charge in [-0.05, 0) is 58.7 Å². The van der Waals surface area contributed by atoms with E-state index in [4.69, 9.17) is 9.47 Å². The lowest BCUT2D eigenvalue weighted by Gasteiger charge is -2.08. The first-order valence-electron chi connectivity index (χ1n) is 9.77. The molecule has 0 unspecified atom stereocenters. The van der Waals surface area contributed by atoms with Gasteiger partial charge in [0, 0.05) is 11.1 Å². The highest BCUT2D eigenvalue weighted by Crippen LogP contribution is 2.28. The van der Waals surface area contributed by atoms with Gasteiger partial charge in [-0.15, -0.1) is 0 Å². The SMILES string of the molecule is COc1cccc(-c2ccccc2C#Cc2ccccc2-c2cccc(OC)c2)c1. The van der Waals surface area contributed by atoms with Crippen LogP contribution in [-0.4, -0.2) is 14.2 Å². The van der Waals surface area contributed by atoms with Crippen molar-refractivity contribution >= 4 is 0 Å². The van der Waals surface area contributed by atoms with Crippen LogP contribution in [0.5, 0.6) is 11.5 Å². The van der Waals surface area contributed by atoms with Crippen molar-refractivity contribution < 1.29 is 9.47 Å². The van der Waals surface area contributed by atoms with E-state index in [0.717, 1.165) is 44.9 Å². The van der Waals surface area contributed by atoms with Crippen LogP contribution in [0, 0.1) is 11.8 Å². The normalized spacial score (nSPS) is 10.1. The Morgan fingerprint density at radius 1 is 0.500 bits per heavy atom. The minimum absolute atomic E-state index is 0.832. The van der Waals surface area contributed by atoms with Crippen LogP contribution in [0.3, 0.4) is 0 Å². The molecule has 0 aliphatic heterocycles. The molecule has 0 N–H and O–H groups in total. The molecule has 0 aliphatic rings. The summed E-state index contributed by atoms with van der Waals surface area (Å²) in [6, 6.07) is 32.5. The fraction of sp³-hybridized carbons (Fsp3) is 0.0714. The van der Waals surface area contributed by atoms with E-state index < -0.39 is 0 Å². The van der Waals surface area contributed by atoms with E-state index >= 15 is 0 Å². The third kappa shape index (κ3) is 4.21.